The number of halogens is 1. The molecule has 0 bridgehead atoms. The first-order chi connectivity index (χ1) is 8.81. The minimum absolute atomic E-state index is 0.528. The highest BCUT2D eigenvalue weighted by Crippen LogP contribution is 2.19. The highest BCUT2D eigenvalue weighted by atomic mass is 35.5. The monoisotopic (exact) mass is 258 g/mol. The number of benzene rings is 1. The van der Waals surface area contributed by atoms with Gasteiger partial charge in [0.1, 0.15) is 12.0 Å². The first-order valence-corrected chi connectivity index (χ1v) is 5.52. The molecule has 7 heteroatoms. The van der Waals surface area contributed by atoms with Crippen LogP contribution in [0.4, 0.5) is 11.4 Å². The van der Waals surface area contributed by atoms with E-state index in [1.165, 1.54) is 10.8 Å². The Morgan fingerprint density at radius 3 is 2.61 bits per heavy atom. The van der Waals surface area contributed by atoms with Crippen molar-refractivity contribution in [3.63, 3.8) is 0 Å². The standard InChI is InChI=1S/C11H7ClN6/c12-8-1-3-9(4-2-8)16-17-10-5-13-11-14-7-15-18(11)6-10/h1-7H. The molecule has 0 saturated carbocycles. The summed E-state index contributed by atoms with van der Waals surface area (Å²) in [5.41, 5.74) is 1.32. The lowest BCUT2D eigenvalue weighted by atomic mass is 10.3. The van der Waals surface area contributed by atoms with Crippen molar-refractivity contribution < 1.29 is 0 Å². The van der Waals surface area contributed by atoms with E-state index in [1.807, 2.05) is 0 Å². The van der Waals surface area contributed by atoms with Crippen molar-refractivity contribution >= 4 is 28.8 Å². The van der Waals surface area contributed by atoms with Crippen LogP contribution in [0, 0.1) is 0 Å². The van der Waals surface area contributed by atoms with Crippen molar-refractivity contribution in [1.29, 1.82) is 0 Å². The largest absolute Gasteiger partial charge is 0.252 e. The molecule has 2 aromatic heterocycles. The Bertz CT molecular complexity index is 703. The SMILES string of the molecule is Clc1ccc(N=Nc2cnc3ncnn3c2)cc1. The van der Waals surface area contributed by atoms with Gasteiger partial charge in [0.25, 0.3) is 5.78 Å². The maximum absolute atomic E-state index is 5.78. The second-order valence-corrected chi connectivity index (χ2v) is 3.93. The number of azo groups is 1. The molecule has 0 radical (unpaired) electrons. The van der Waals surface area contributed by atoms with Gasteiger partial charge >= 0.3 is 0 Å². The number of hydrogen-bond donors (Lipinski definition) is 0. The average molecular weight is 259 g/mol. The van der Waals surface area contributed by atoms with Crippen LogP contribution in [0.3, 0.4) is 0 Å². The van der Waals surface area contributed by atoms with Crippen LogP contribution in [0.25, 0.3) is 5.78 Å². The normalized spacial score (nSPS) is 11.4. The molecule has 0 N–H and O–H groups in total. The van der Waals surface area contributed by atoms with Gasteiger partial charge in [0.2, 0.25) is 0 Å². The van der Waals surface area contributed by atoms with E-state index in [9.17, 15) is 0 Å². The first kappa shape index (κ1) is 10.8. The van der Waals surface area contributed by atoms with E-state index >= 15 is 0 Å². The number of fused-ring (bicyclic) bond motifs is 1. The number of aromatic nitrogens is 4. The molecule has 0 unspecified atom stereocenters. The fourth-order valence-corrected chi connectivity index (χ4v) is 1.51. The van der Waals surface area contributed by atoms with Gasteiger partial charge in [-0.15, -0.1) is 5.11 Å². The summed E-state index contributed by atoms with van der Waals surface area (Å²) >= 11 is 5.78. The fourth-order valence-electron chi connectivity index (χ4n) is 1.38. The minimum atomic E-state index is 0.528. The van der Waals surface area contributed by atoms with Crippen molar-refractivity contribution in [3.05, 3.63) is 48.0 Å². The van der Waals surface area contributed by atoms with Crippen LogP contribution in [0.2, 0.25) is 5.02 Å². The summed E-state index contributed by atoms with van der Waals surface area (Å²) in [7, 11) is 0. The molecule has 1 aromatic carbocycles. The zero-order valence-electron chi connectivity index (χ0n) is 9.10. The predicted molar refractivity (Wildman–Crippen MR) is 66.4 cm³/mol. The van der Waals surface area contributed by atoms with Crippen LogP contribution in [0.1, 0.15) is 0 Å². The van der Waals surface area contributed by atoms with E-state index in [4.69, 9.17) is 11.6 Å². The summed E-state index contributed by atoms with van der Waals surface area (Å²) in [6.07, 6.45) is 4.72. The van der Waals surface area contributed by atoms with Gasteiger partial charge in [-0.05, 0) is 24.3 Å². The van der Waals surface area contributed by atoms with E-state index in [0.29, 0.717) is 16.5 Å². The Hall–Kier alpha value is -2.34. The maximum atomic E-state index is 5.78. The highest BCUT2D eigenvalue weighted by Gasteiger charge is 1.97. The molecule has 6 nitrogen and oxygen atoms in total. The molecule has 0 amide bonds. The Balaban J connectivity index is 1.88. The first-order valence-electron chi connectivity index (χ1n) is 5.14. The Labute approximate surface area is 107 Å². The third-order valence-corrected chi connectivity index (χ3v) is 2.48. The van der Waals surface area contributed by atoms with Crippen LogP contribution in [0.5, 0.6) is 0 Å². The fraction of sp³-hybridized carbons (Fsp3) is 0. The summed E-state index contributed by atoms with van der Waals surface area (Å²) in [6.45, 7) is 0. The molecule has 0 aliphatic rings. The summed E-state index contributed by atoms with van der Waals surface area (Å²) in [4.78, 5) is 8.02. The van der Waals surface area contributed by atoms with E-state index in [0.717, 1.165) is 5.69 Å². The van der Waals surface area contributed by atoms with E-state index in [-0.39, 0.29) is 0 Å². The third-order valence-electron chi connectivity index (χ3n) is 2.23. The molecule has 18 heavy (non-hydrogen) atoms. The molecule has 0 aliphatic carbocycles. The molecule has 2 heterocycles. The van der Waals surface area contributed by atoms with Gasteiger partial charge in [-0.25, -0.2) is 9.50 Å². The van der Waals surface area contributed by atoms with Gasteiger partial charge in [-0.3, -0.25) is 0 Å². The van der Waals surface area contributed by atoms with Crippen LogP contribution < -0.4 is 0 Å². The van der Waals surface area contributed by atoms with Crippen molar-refractivity contribution in [2.45, 2.75) is 0 Å². The number of hydrogen-bond acceptors (Lipinski definition) is 5. The van der Waals surface area contributed by atoms with Crippen molar-refractivity contribution in [2.24, 2.45) is 10.2 Å². The summed E-state index contributed by atoms with van der Waals surface area (Å²) in [5, 5.41) is 12.8. The lowest BCUT2D eigenvalue weighted by Gasteiger charge is -1.94. The summed E-state index contributed by atoms with van der Waals surface area (Å²) < 4.78 is 1.54. The zero-order chi connectivity index (χ0) is 12.4. The number of nitrogens with zero attached hydrogens (tertiary/aromatic N) is 6. The van der Waals surface area contributed by atoms with Gasteiger partial charge in [-0.1, -0.05) is 11.6 Å². The Kier molecular flexibility index (Phi) is 2.70. The molecule has 0 fully saturated rings. The Morgan fingerprint density at radius 2 is 1.78 bits per heavy atom. The topological polar surface area (TPSA) is 67.8 Å². The van der Waals surface area contributed by atoms with Gasteiger partial charge in [-0.2, -0.15) is 15.2 Å². The molecule has 0 aliphatic heterocycles. The summed E-state index contributed by atoms with van der Waals surface area (Å²) in [6, 6.07) is 7.09. The predicted octanol–water partition coefficient (Wildman–Crippen LogP) is 3.19. The van der Waals surface area contributed by atoms with Crippen LogP contribution in [-0.4, -0.2) is 19.6 Å². The molecule has 3 aromatic rings. The molecule has 0 spiro atoms. The average Bonchev–Trinajstić information content (AvgIpc) is 2.85. The van der Waals surface area contributed by atoms with E-state index in [1.54, 1.807) is 36.7 Å². The molecular formula is C11H7ClN6. The van der Waals surface area contributed by atoms with E-state index in [2.05, 4.69) is 25.3 Å². The van der Waals surface area contributed by atoms with Gasteiger partial charge in [0, 0.05) is 5.02 Å². The smallest absolute Gasteiger partial charge is 0.217 e. The molecule has 0 saturated heterocycles. The maximum Gasteiger partial charge on any atom is 0.252 e. The molecular weight excluding hydrogens is 252 g/mol. The second-order valence-electron chi connectivity index (χ2n) is 3.49. The Morgan fingerprint density at radius 1 is 1.00 bits per heavy atom. The highest BCUT2D eigenvalue weighted by molar-refractivity contribution is 6.30. The van der Waals surface area contributed by atoms with Crippen molar-refractivity contribution in [3.8, 4) is 0 Å². The molecule has 88 valence electrons. The molecule has 3 rings (SSSR count). The molecule has 0 atom stereocenters. The van der Waals surface area contributed by atoms with Gasteiger partial charge < -0.3 is 0 Å². The van der Waals surface area contributed by atoms with Gasteiger partial charge in [0.05, 0.1) is 18.1 Å². The number of rotatable bonds is 2. The zero-order valence-corrected chi connectivity index (χ0v) is 9.86. The van der Waals surface area contributed by atoms with Crippen LogP contribution in [0.15, 0.2) is 53.2 Å². The van der Waals surface area contributed by atoms with Crippen LogP contribution in [-0.2, 0) is 0 Å². The van der Waals surface area contributed by atoms with Crippen molar-refractivity contribution in [1.82, 2.24) is 19.6 Å². The van der Waals surface area contributed by atoms with Gasteiger partial charge in [0.15, 0.2) is 0 Å². The quantitative estimate of drug-likeness (QED) is 0.663. The van der Waals surface area contributed by atoms with E-state index < -0.39 is 0 Å². The lowest BCUT2D eigenvalue weighted by molar-refractivity contribution is 0.934. The van der Waals surface area contributed by atoms with Crippen LogP contribution >= 0.6 is 11.6 Å². The third kappa shape index (κ3) is 2.18. The summed E-state index contributed by atoms with van der Waals surface area (Å²) in [5.74, 6) is 0.528. The second kappa shape index (κ2) is 4.50. The van der Waals surface area contributed by atoms with Crippen molar-refractivity contribution in [2.75, 3.05) is 0 Å². The lowest BCUT2D eigenvalue weighted by Crippen LogP contribution is -1.88. The minimum Gasteiger partial charge on any atom is -0.217 e.